The van der Waals surface area contributed by atoms with Crippen LogP contribution in [0.5, 0.6) is 0 Å². The maximum atomic E-state index is 6.11. The Hall–Kier alpha value is -7.63. The maximum Gasteiger partial charge on any atom is 0.227 e. The highest BCUT2D eigenvalue weighted by Crippen LogP contribution is 2.39. The van der Waals surface area contributed by atoms with Gasteiger partial charge in [-0.15, -0.1) is 0 Å². The predicted molar refractivity (Wildman–Crippen MR) is 231 cm³/mol. The average molecular weight is 717 g/mol. The fourth-order valence-electron chi connectivity index (χ4n) is 7.88. The molecule has 0 bridgehead atoms. The van der Waals surface area contributed by atoms with Crippen LogP contribution in [0.1, 0.15) is 0 Å². The van der Waals surface area contributed by atoms with Crippen LogP contribution < -0.4 is 4.90 Å². The van der Waals surface area contributed by atoms with Crippen LogP contribution in [0.4, 0.5) is 17.1 Å². The first-order chi connectivity index (χ1) is 27.7. The molecule has 56 heavy (non-hydrogen) atoms. The molecule has 0 spiro atoms. The second-order valence-corrected chi connectivity index (χ2v) is 14.2. The van der Waals surface area contributed by atoms with Crippen LogP contribution in [0.2, 0.25) is 0 Å². The lowest BCUT2D eigenvalue weighted by molar-refractivity contribution is 0.654. The minimum absolute atomic E-state index is 0.655. The summed E-state index contributed by atoms with van der Waals surface area (Å²) in [5.74, 6) is 0. The molecule has 11 rings (SSSR count). The standard InChI is InChI=1S/C51H32N4O/c1-2-4-50-47(3-1)48-21-22-49(54-51(48)56-50)41-8-5-38-30-46(20-15-37(38)29-41)55(44-16-11-33(12-17-44)35-6-9-42-31-52-25-23-39(42)27-35)45-18-13-34(14-19-45)36-7-10-43-32-53-26-24-40(43)28-36/h1-32H. The quantitative estimate of drug-likeness (QED) is 0.171. The molecule has 7 aromatic carbocycles. The minimum Gasteiger partial charge on any atom is -0.438 e. The number of para-hydroxylation sites is 1. The second kappa shape index (κ2) is 13.0. The van der Waals surface area contributed by atoms with E-state index < -0.39 is 0 Å². The maximum absolute atomic E-state index is 6.11. The molecule has 0 unspecified atom stereocenters. The Morgan fingerprint density at radius 1 is 0.375 bits per heavy atom. The zero-order valence-corrected chi connectivity index (χ0v) is 30.2. The smallest absolute Gasteiger partial charge is 0.227 e. The van der Waals surface area contributed by atoms with Crippen molar-refractivity contribution in [2.75, 3.05) is 4.90 Å². The third-order valence-electron chi connectivity index (χ3n) is 10.8. The van der Waals surface area contributed by atoms with Gasteiger partial charge in [0.05, 0.1) is 5.69 Å². The third kappa shape index (κ3) is 5.62. The van der Waals surface area contributed by atoms with E-state index in [1.165, 1.54) is 21.9 Å². The van der Waals surface area contributed by atoms with E-state index in [2.05, 4.69) is 167 Å². The Balaban J connectivity index is 0.969. The van der Waals surface area contributed by atoms with Crippen LogP contribution >= 0.6 is 0 Å². The van der Waals surface area contributed by atoms with Crippen molar-refractivity contribution in [2.45, 2.75) is 0 Å². The Morgan fingerprint density at radius 3 is 1.57 bits per heavy atom. The Bertz CT molecular complexity index is 3140. The fourth-order valence-corrected chi connectivity index (χ4v) is 7.88. The van der Waals surface area contributed by atoms with Gasteiger partial charge in [0, 0.05) is 69.0 Å². The van der Waals surface area contributed by atoms with E-state index in [0.29, 0.717) is 5.71 Å². The van der Waals surface area contributed by atoms with Crippen molar-refractivity contribution in [1.82, 2.24) is 15.0 Å². The third-order valence-corrected chi connectivity index (χ3v) is 10.8. The van der Waals surface area contributed by atoms with Gasteiger partial charge in [-0.3, -0.25) is 9.97 Å². The molecule has 0 aliphatic rings. The molecule has 0 saturated heterocycles. The molecule has 0 aliphatic carbocycles. The van der Waals surface area contributed by atoms with E-state index in [1.54, 1.807) is 0 Å². The molecule has 0 radical (unpaired) electrons. The molecule has 4 heterocycles. The lowest BCUT2D eigenvalue weighted by Crippen LogP contribution is -2.09. The number of rotatable bonds is 6. The number of anilines is 3. The van der Waals surface area contributed by atoms with Gasteiger partial charge >= 0.3 is 0 Å². The van der Waals surface area contributed by atoms with Gasteiger partial charge in [0.2, 0.25) is 5.71 Å². The topological polar surface area (TPSA) is 55.1 Å². The van der Waals surface area contributed by atoms with E-state index in [-0.39, 0.29) is 0 Å². The molecule has 0 aliphatic heterocycles. The van der Waals surface area contributed by atoms with Crippen LogP contribution in [-0.2, 0) is 0 Å². The highest BCUT2D eigenvalue weighted by Gasteiger charge is 2.16. The summed E-state index contributed by atoms with van der Waals surface area (Å²) in [5, 5.41) is 9.02. The summed E-state index contributed by atoms with van der Waals surface area (Å²) in [6.07, 6.45) is 7.51. The zero-order chi connectivity index (χ0) is 37.0. The van der Waals surface area contributed by atoms with Gasteiger partial charge in [-0.05, 0) is 129 Å². The largest absolute Gasteiger partial charge is 0.438 e. The van der Waals surface area contributed by atoms with Crippen molar-refractivity contribution in [3.8, 4) is 33.5 Å². The molecule has 0 N–H and O–H groups in total. The molecule has 5 heteroatoms. The molecule has 5 nitrogen and oxygen atoms in total. The van der Waals surface area contributed by atoms with E-state index in [0.717, 1.165) is 77.3 Å². The normalized spacial score (nSPS) is 11.6. The van der Waals surface area contributed by atoms with E-state index in [4.69, 9.17) is 9.40 Å². The van der Waals surface area contributed by atoms with Gasteiger partial charge in [0.25, 0.3) is 0 Å². The number of hydrogen-bond donors (Lipinski definition) is 0. The number of nitrogens with zero attached hydrogens (tertiary/aromatic N) is 4. The van der Waals surface area contributed by atoms with E-state index in [1.807, 2.05) is 43.0 Å². The van der Waals surface area contributed by atoms with Gasteiger partial charge in [-0.25, -0.2) is 4.98 Å². The average Bonchev–Trinajstić information content (AvgIpc) is 3.64. The number of hydrogen-bond acceptors (Lipinski definition) is 5. The molecular weight excluding hydrogens is 685 g/mol. The SMILES string of the molecule is c1ccc2c(c1)oc1nc(-c3ccc4cc(N(c5ccc(-c6ccc7cnccc7c6)cc5)c5ccc(-c6ccc7cnccc7c6)cc5)ccc4c3)ccc12. The zero-order valence-electron chi connectivity index (χ0n) is 30.2. The van der Waals surface area contributed by atoms with Crippen molar-refractivity contribution in [3.05, 3.63) is 195 Å². The van der Waals surface area contributed by atoms with Crippen molar-refractivity contribution in [3.63, 3.8) is 0 Å². The van der Waals surface area contributed by atoms with Crippen molar-refractivity contribution in [1.29, 1.82) is 0 Å². The molecule has 4 aromatic heterocycles. The van der Waals surface area contributed by atoms with E-state index >= 15 is 0 Å². The van der Waals surface area contributed by atoms with Gasteiger partial charge in [0.15, 0.2) is 0 Å². The molecule has 0 fully saturated rings. The van der Waals surface area contributed by atoms with Crippen LogP contribution in [0.15, 0.2) is 199 Å². The predicted octanol–water partition coefficient (Wildman–Crippen LogP) is 13.7. The first-order valence-corrected chi connectivity index (χ1v) is 18.7. The van der Waals surface area contributed by atoms with Crippen molar-refractivity contribution >= 4 is 71.4 Å². The van der Waals surface area contributed by atoms with Gasteiger partial charge in [-0.1, -0.05) is 84.9 Å². The number of benzene rings is 7. The van der Waals surface area contributed by atoms with Crippen LogP contribution in [-0.4, -0.2) is 15.0 Å². The second-order valence-electron chi connectivity index (χ2n) is 14.2. The summed E-state index contributed by atoms with van der Waals surface area (Å²) in [6, 6.07) is 60.4. The van der Waals surface area contributed by atoms with Crippen LogP contribution in [0.25, 0.3) is 87.9 Å². The fraction of sp³-hybridized carbons (Fsp3) is 0. The number of furan rings is 1. The lowest BCUT2D eigenvalue weighted by atomic mass is 10.0. The highest BCUT2D eigenvalue weighted by molar-refractivity contribution is 6.04. The summed E-state index contributed by atoms with van der Waals surface area (Å²) in [7, 11) is 0. The number of pyridine rings is 3. The lowest BCUT2D eigenvalue weighted by Gasteiger charge is -2.26. The Morgan fingerprint density at radius 2 is 0.893 bits per heavy atom. The summed E-state index contributed by atoms with van der Waals surface area (Å²) in [4.78, 5) is 15.8. The molecule has 0 atom stereocenters. The monoisotopic (exact) mass is 716 g/mol. The number of fused-ring (bicyclic) bond motifs is 6. The van der Waals surface area contributed by atoms with Crippen molar-refractivity contribution < 1.29 is 4.42 Å². The molecular formula is C51H32N4O. The van der Waals surface area contributed by atoms with E-state index in [9.17, 15) is 0 Å². The number of aromatic nitrogens is 3. The summed E-state index contributed by atoms with van der Waals surface area (Å²) >= 11 is 0. The van der Waals surface area contributed by atoms with Gasteiger partial charge < -0.3 is 9.32 Å². The molecule has 11 aromatic rings. The first-order valence-electron chi connectivity index (χ1n) is 18.7. The Kier molecular flexibility index (Phi) is 7.42. The molecule has 0 saturated carbocycles. The van der Waals surface area contributed by atoms with Crippen molar-refractivity contribution in [2.24, 2.45) is 0 Å². The first kappa shape index (κ1) is 31.9. The summed E-state index contributed by atoms with van der Waals surface area (Å²) in [5.41, 5.74) is 11.3. The van der Waals surface area contributed by atoms with Gasteiger partial charge in [-0.2, -0.15) is 0 Å². The van der Waals surface area contributed by atoms with Gasteiger partial charge in [0.1, 0.15) is 5.58 Å². The highest BCUT2D eigenvalue weighted by atomic mass is 16.3. The summed E-state index contributed by atoms with van der Waals surface area (Å²) < 4.78 is 6.11. The Labute approximate surface area is 322 Å². The van der Waals surface area contributed by atoms with Crippen LogP contribution in [0.3, 0.4) is 0 Å². The summed E-state index contributed by atoms with van der Waals surface area (Å²) in [6.45, 7) is 0. The molecule has 0 amide bonds. The van der Waals surface area contributed by atoms with Crippen LogP contribution in [0, 0.1) is 0 Å². The molecule has 262 valence electrons. The minimum atomic E-state index is 0.655.